The van der Waals surface area contributed by atoms with Crippen molar-refractivity contribution in [3.63, 3.8) is 0 Å². The number of halogens is 1. The van der Waals surface area contributed by atoms with E-state index in [1.165, 1.54) is 6.08 Å². The van der Waals surface area contributed by atoms with Crippen molar-refractivity contribution in [2.75, 3.05) is 42.6 Å². The Balaban J connectivity index is 1.78. The molecule has 10 heteroatoms. The number of hydrogen-bond donors (Lipinski definition) is 1. The molecule has 3 aliphatic rings. The van der Waals surface area contributed by atoms with Gasteiger partial charge in [0.2, 0.25) is 5.91 Å². The van der Waals surface area contributed by atoms with Gasteiger partial charge in [-0.1, -0.05) is 41.6 Å². The van der Waals surface area contributed by atoms with Gasteiger partial charge in [-0.3, -0.25) is 14.4 Å². The number of benzene rings is 1. The van der Waals surface area contributed by atoms with E-state index in [0.717, 1.165) is 18.8 Å². The number of amides is 2. The van der Waals surface area contributed by atoms with Crippen molar-refractivity contribution in [3.8, 4) is 0 Å². The topological polar surface area (TPSA) is 90.4 Å². The van der Waals surface area contributed by atoms with Crippen molar-refractivity contribution in [2.45, 2.75) is 60.5 Å². The van der Waals surface area contributed by atoms with Crippen molar-refractivity contribution in [1.82, 2.24) is 4.90 Å². The second kappa shape index (κ2) is 12.7. The summed E-state index contributed by atoms with van der Waals surface area (Å²) in [5.41, 5.74) is 1.77. The number of aliphatic hydroxyl groups is 1. The highest BCUT2D eigenvalue weighted by Crippen LogP contribution is 2.68. The maximum absolute atomic E-state index is 14.7. The lowest BCUT2D eigenvalue weighted by Crippen LogP contribution is -2.58. The number of rotatable bonds is 13. The Morgan fingerprint density at radius 3 is 2.40 bits per heavy atom. The molecule has 8 nitrogen and oxygen atoms in total. The van der Waals surface area contributed by atoms with Crippen molar-refractivity contribution in [3.05, 3.63) is 49.6 Å². The van der Waals surface area contributed by atoms with E-state index >= 15 is 0 Å². The van der Waals surface area contributed by atoms with E-state index in [1.807, 2.05) is 31.2 Å². The van der Waals surface area contributed by atoms with Gasteiger partial charge in [0.05, 0.1) is 29.2 Å². The number of thioether (sulfide) groups is 1. The molecule has 7 atom stereocenters. The normalized spacial score (nSPS) is 29.2. The number of carbonyl (C=O) groups is 3. The number of likely N-dealkylation sites (tertiary alicyclic amines) is 1. The van der Waals surface area contributed by atoms with Gasteiger partial charge >= 0.3 is 5.97 Å². The van der Waals surface area contributed by atoms with Crippen molar-refractivity contribution < 1.29 is 24.2 Å². The van der Waals surface area contributed by atoms with Crippen molar-refractivity contribution in [2.24, 2.45) is 11.8 Å². The first kappa shape index (κ1) is 30.7. The minimum Gasteiger partial charge on any atom is -0.461 e. The average molecular weight is 635 g/mol. The highest BCUT2D eigenvalue weighted by molar-refractivity contribution is 9.09. The fourth-order valence-electron chi connectivity index (χ4n) is 6.69. The summed E-state index contributed by atoms with van der Waals surface area (Å²) in [5, 5.41) is 10.1. The second-order valence-corrected chi connectivity index (χ2v) is 13.2. The zero-order chi connectivity index (χ0) is 29.2. The number of aliphatic hydroxyl groups excluding tert-OH is 1. The lowest BCUT2D eigenvalue weighted by Gasteiger charge is -2.39. The molecule has 0 saturated carbocycles. The van der Waals surface area contributed by atoms with Crippen LogP contribution in [-0.2, 0) is 19.1 Å². The quantitative estimate of drug-likeness (QED) is 0.199. The summed E-state index contributed by atoms with van der Waals surface area (Å²) < 4.78 is 4.63. The molecule has 1 spiro atoms. The lowest BCUT2D eigenvalue weighted by atomic mass is 9.71. The number of ether oxygens (including phenoxy) is 1. The first-order chi connectivity index (χ1) is 19.2. The van der Waals surface area contributed by atoms with Crippen molar-refractivity contribution >= 4 is 56.9 Å². The Bertz CT molecular complexity index is 1120. The SMILES string of the molecule is C=CCOC(=O)[C@H]1[C@H]2C(=O)N([C@@H](CC)CO)C(C(=O)N(CC=C)c3ccc(N(CC)CC)cc3)C23CC(Br)[C@@H]1S3. The number of carbonyl (C=O) groups excluding carboxylic acids is 3. The van der Waals surface area contributed by atoms with Gasteiger partial charge < -0.3 is 24.5 Å². The fraction of sp³-hybridized carbons (Fsp3) is 0.567. The third-order valence-electron chi connectivity index (χ3n) is 8.52. The van der Waals surface area contributed by atoms with Crippen LogP contribution in [-0.4, -0.2) is 87.5 Å². The summed E-state index contributed by atoms with van der Waals surface area (Å²) >= 11 is 5.32. The lowest BCUT2D eigenvalue weighted by molar-refractivity contribution is -0.153. The van der Waals surface area contributed by atoms with Gasteiger partial charge in [0.25, 0.3) is 5.91 Å². The maximum Gasteiger partial charge on any atom is 0.311 e. The molecular formula is C30H40BrN3O5S. The molecule has 0 radical (unpaired) electrons. The maximum atomic E-state index is 14.7. The van der Waals surface area contributed by atoms with Crippen LogP contribution in [0, 0.1) is 11.8 Å². The van der Waals surface area contributed by atoms with Gasteiger partial charge in [0.15, 0.2) is 0 Å². The fourth-order valence-corrected chi connectivity index (χ4v) is 10.3. The Morgan fingerprint density at radius 2 is 1.85 bits per heavy atom. The Kier molecular flexibility index (Phi) is 9.73. The van der Waals surface area contributed by atoms with Crippen LogP contribution >= 0.6 is 27.7 Å². The van der Waals surface area contributed by atoms with Gasteiger partial charge in [-0.2, -0.15) is 0 Å². The third kappa shape index (κ3) is 5.00. The zero-order valence-electron chi connectivity index (χ0n) is 23.5. The zero-order valence-corrected chi connectivity index (χ0v) is 25.9. The number of esters is 1. The Hall–Kier alpha value is -2.30. The van der Waals surface area contributed by atoms with Crippen LogP contribution < -0.4 is 9.80 Å². The molecule has 3 aliphatic heterocycles. The molecule has 1 N–H and O–H groups in total. The highest BCUT2D eigenvalue weighted by Gasteiger charge is 2.76. The highest BCUT2D eigenvalue weighted by atomic mass is 79.9. The van der Waals surface area contributed by atoms with Gasteiger partial charge in [-0.25, -0.2) is 0 Å². The summed E-state index contributed by atoms with van der Waals surface area (Å²) in [6, 6.07) is 6.46. The largest absolute Gasteiger partial charge is 0.461 e. The standard InChI is InChI=1S/C30H40BrN3O5S/c1-6-15-33(21-13-11-20(12-14-21)32(9-4)10-5)28(37)26-30-17-22(31)25(40-30)23(29(38)39-16-7-2)24(30)27(36)34(26)19(8-3)18-35/h6-7,11-14,19,22-26,35H,1-2,8-10,15-18H2,3-5H3/t19-,22?,23-,24-,25-,26?,30?/m0/s1. The van der Waals surface area contributed by atoms with E-state index in [-0.39, 0.29) is 41.6 Å². The first-order valence-electron chi connectivity index (χ1n) is 14.0. The van der Waals surface area contributed by atoms with E-state index in [4.69, 9.17) is 4.74 Å². The minimum absolute atomic E-state index is 0.0600. The molecule has 3 fully saturated rings. The monoisotopic (exact) mass is 633 g/mol. The molecule has 1 aromatic rings. The molecule has 0 aliphatic carbocycles. The van der Waals surface area contributed by atoms with Gasteiger partial charge in [0, 0.05) is 41.1 Å². The summed E-state index contributed by atoms with van der Waals surface area (Å²) in [5.74, 6) is -2.33. The summed E-state index contributed by atoms with van der Waals surface area (Å²) in [6.07, 6.45) is 4.22. The summed E-state index contributed by atoms with van der Waals surface area (Å²) in [6.45, 7) is 15.4. The Morgan fingerprint density at radius 1 is 1.20 bits per heavy atom. The van der Waals surface area contributed by atoms with Crippen LogP contribution in [0.1, 0.15) is 33.6 Å². The molecule has 3 saturated heterocycles. The smallest absolute Gasteiger partial charge is 0.311 e. The number of anilines is 2. The molecule has 3 unspecified atom stereocenters. The third-order valence-corrected chi connectivity index (χ3v) is 11.7. The van der Waals surface area contributed by atoms with Crippen LogP contribution in [0.5, 0.6) is 0 Å². The summed E-state index contributed by atoms with van der Waals surface area (Å²) in [7, 11) is 0. The van der Waals surface area contributed by atoms with Crippen LogP contribution in [0.3, 0.4) is 0 Å². The molecule has 1 aromatic carbocycles. The number of hydrogen-bond acceptors (Lipinski definition) is 7. The van der Waals surface area contributed by atoms with E-state index in [2.05, 4.69) is 47.8 Å². The van der Waals surface area contributed by atoms with Gasteiger partial charge in [0.1, 0.15) is 12.6 Å². The molecule has 0 aromatic heterocycles. The molecule has 4 rings (SSSR count). The Labute approximate surface area is 249 Å². The summed E-state index contributed by atoms with van der Waals surface area (Å²) in [4.78, 5) is 47.6. The van der Waals surface area contributed by atoms with E-state index in [1.54, 1.807) is 27.6 Å². The molecular weight excluding hydrogens is 594 g/mol. The molecule has 218 valence electrons. The molecule has 40 heavy (non-hydrogen) atoms. The van der Waals surface area contributed by atoms with E-state index < -0.39 is 34.6 Å². The van der Waals surface area contributed by atoms with E-state index in [0.29, 0.717) is 18.5 Å². The predicted octanol–water partition coefficient (Wildman–Crippen LogP) is 4.02. The molecule has 3 heterocycles. The number of alkyl halides is 1. The van der Waals surface area contributed by atoms with Crippen molar-refractivity contribution in [1.29, 1.82) is 0 Å². The number of fused-ring (bicyclic) bond motifs is 1. The molecule has 2 amide bonds. The van der Waals surface area contributed by atoms with Gasteiger partial charge in [-0.15, -0.1) is 18.3 Å². The molecule has 2 bridgehead atoms. The minimum atomic E-state index is -0.850. The van der Waals surface area contributed by atoms with Crippen LogP contribution in [0.15, 0.2) is 49.6 Å². The first-order valence-corrected chi connectivity index (χ1v) is 15.8. The van der Waals surface area contributed by atoms with Crippen LogP contribution in [0.4, 0.5) is 11.4 Å². The van der Waals surface area contributed by atoms with Crippen LogP contribution in [0.2, 0.25) is 0 Å². The number of nitrogens with zero attached hydrogens (tertiary/aromatic N) is 3. The predicted molar refractivity (Wildman–Crippen MR) is 164 cm³/mol. The average Bonchev–Trinajstić information content (AvgIpc) is 3.55. The second-order valence-electron chi connectivity index (χ2n) is 10.5. The van der Waals surface area contributed by atoms with Gasteiger partial charge in [-0.05, 0) is 51.0 Å². The van der Waals surface area contributed by atoms with Crippen LogP contribution in [0.25, 0.3) is 0 Å². The van der Waals surface area contributed by atoms with E-state index in [9.17, 15) is 19.5 Å².